The van der Waals surface area contributed by atoms with Crippen molar-refractivity contribution in [3.8, 4) is 0 Å². The van der Waals surface area contributed by atoms with Crippen LogP contribution in [0.3, 0.4) is 0 Å². The molecule has 0 saturated carbocycles. The third-order valence-corrected chi connectivity index (χ3v) is 7.47. The Bertz CT molecular complexity index is 356. The summed E-state index contributed by atoms with van der Waals surface area (Å²) >= 11 is 0. The molecule has 0 aromatic heterocycles. The number of rotatable bonds is 25. The first-order valence-corrected chi connectivity index (χ1v) is 16.5. The zero-order valence-corrected chi connectivity index (χ0v) is 26.6. The van der Waals surface area contributed by atoms with Crippen molar-refractivity contribution >= 4 is 0 Å². The minimum atomic E-state index is 1.12. The minimum absolute atomic E-state index is 1.12. The van der Waals surface area contributed by atoms with E-state index in [9.17, 15) is 0 Å². The van der Waals surface area contributed by atoms with Crippen LogP contribution in [0.5, 0.6) is 0 Å². The Morgan fingerprint density at radius 2 is 0.543 bits per heavy atom. The molecule has 0 aliphatic carbocycles. The summed E-state index contributed by atoms with van der Waals surface area (Å²) in [6.07, 6.45) is 28.7. The van der Waals surface area contributed by atoms with Crippen molar-refractivity contribution in [2.75, 3.05) is 53.9 Å². The normalized spacial score (nSPS) is 12.0. The molecule has 0 saturated heterocycles. The Morgan fingerprint density at radius 1 is 0.286 bits per heavy atom. The van der Waals surface area contributed by atoms with Gasteiger partial charge in [0.15, 0.2) is 0 Å². The molecule has 2 heteroatoms. The quantitative estimate of drug-likeness (QED) is 0.0867. The molecule has 0 aromatic rings. The van der Waals surface area contributed by atoms with Gasteiger partial charge in [-0.15, -0.1) is 0 Å². The number of hydrogen-bond acceptors (Lipinski definition) is 0. The standard InChI is InChI=1S/C21H46N.C12H28N/c1-5-6-7-8-9-10-11-12-13-14-15-16-17-18-19-20-21-22(2,3)4;1-5-9-13(10-6-2,11-7-3)12-8-4/h5-21H2,1-4H3;5-12H2,1-4H3/q2*+1. The highest BCUT2D eigenvalue weighted by molar-refractivity contribution is 4.50. The summed E-state index contributed by atoms with van der Waals surface area (Å²) in [6.45, 7) is 18.4. The summed E-state index contributed by atoms with van der Waals surface area (Å²) < 4.78 is 2.50. The lowest BCUT2D eigenvalue weighted by Crippen LogP contribution is -2.50. The predicted octanol–water partition coefficient (Wildman–Crippen LogP) is 10.4. The fourth-order valence-corrected chi connectivity index (χ4v) is 5.70. The summed E-state index contributed by atoms with van der Waals surface area (Å²) in [5, 5.41) is 0. The molecule has 0 aliphatic heterocycles. The van der Waals surface area contributed by atoms with Gasteiger partial charge in [0.1, 0.15) is 0 Å². The van der Waals surface area contributed by atoms with Crippen molar-refractivity contribution in [1.82, 2.24) is 0 Å². The van der Waals surface area contributed by atoms with Crippen LogP contribution in [0, 0.1) is 0 Å². The number of quaternary nitrogens is 2. The van der Waals surface area contributed by atoms with Crippen LogP contribution in [-0.4, -0.2) is 62.8 Å². The van der Waals surface area contributed by atoms with E-state index in [0.29, 0.717) is 0 Å². The number of nitrogens with zero attached hydrogens (tertiary/aromatic N) is 2. The molecule has 0 spiro atoms. The van der Waals surface area contributed by atoms with Gasteiger partial charge < -0.3 is 8.97 Å². The molecule has 2 nitrogen and oxygen atoms in total. The van der Waals surface area contributed by atoms with E-state index in [1.54, 1.807) is 0 Å². The van der Waals surface area contributed by atoms with Crippen LogP contribution in [-0.2, 0) is 0 Å². The molecule has 0 amide bonds. The van der Waals surface area contributed by atoms with E-state index in [1.807, 2.05) is 0 Å². The molecule has 0 bridgehead atoms. The lowest BCUT2D eigenvalue weighted by molar-refractivity contribution is -0.928. The summed E-state index contributed by atoms with van der Waals surface area (Å²) in [4.78, 5) is 0. The summed E-state index contributed by atoms with van der Waals surface area (Å²) in [7, 11) is 6.89. The van der Waals surface area contributed by atoms with Gasteiger partial charge in [-0.3, -0.25) is 0 Å². The molecule has 0 unspecified atom stereocenters. The average molecular weight is 499 g/mol. The van der Waals surface area contributed by atoms with Crippen LogP contribution in [0.1, 0.15) is 163 Å². The van der Waals surface area contributed by atoms with Gasteiger partial charge in [0, 0.05) is 0 Å². The lowest BCUT2D eigenvalue weighted by atomic mass is 10.0. The Hall–Kier alpha value is -0.0800. The van der Waals surface area contributed by atoms with E-state index in [2.05, 4.69) is 55.8 Å². The van der Waals surface area contributed by atoms with Gasteiger partial charge >= 0.3 is 0 Å². The highest BCUT2D eigenvalue weighted by Gasteiger charge is 2.22. The number of hydrogen-bond donors (Lipinski definition) is 0. The molecule has 0 fully saturated rings. The van der Waals surface area contributed by atoms with Gasteiger partial charge in [-0.2, -0.15) is 0 Å². The Morgan fingerprint density at radius 3 is 0.771 bits per heavy atom. The van der Waals surface area contributed by atoms with Gasteiger partial charge in [-0.25, -0.2) is 0 Å². The fourth-order valence-electron chi connectivity index (χ4n) is 5.70. The van der Waals surface area contributed by atoms with E-state index in [0.717, 1.165) is 4.48 Å². The Kier molecular flexibility index (Phi) is 28.6. The van der Waals surface area contributed by atoms with E-state index >= 15 is 0 Å². The van der Waals surface area contributed by atoms with Crippen LogP contribution in [0.4, 0.5) is 0 Å². The maximum absolute atomic E-state index is 2.31. The first-order valence-electron chi connectivity index (χ1n) is 16.5. The van der Waals surface area contributed by atoms with Crippen LogP contribution in [0.15, 0.2) is 0 Å². The first kappa shape index (κ1) is 37.1. The van der Waals surface area contributed by atoms with Crippen molar-refractivity contribution in [2.45, 2.75) is 163 Å². The highest BCUT2D eigenvalue weighted by Crippen LogP contribution is 2.14. The zero-order valence-electron chi connectivity index (χ0n) is 26.6. The van der Waals surface area contributed by atoms with Gasteiger partial charge in [-0.05, 0) is 38.5 Å². The first-order chi connectivity index (χ1) is 16.8. The van der Waals surface area contributed by atoms with Gasteiger partial charge in [0.25, 0.3) is 0 Å². The van der Waals surface area contributed by atoms with E-state index in [1.165, 1.54) is 166 Å². The molecular formula is C33H74N2+2. The molecule has 0 rings (SSSR count). The fraction of sp³-hybridized carbons (Fsp3) is 1.00. The molecule has 0 atom stereocenters. The second kappa shape index (κ2) is 27.0. The topological polar surface area (TPSA) is 0 Å². The van der Waals surface area contributed by atoms with Gasteiger partial charge in [-0.1, -0.05) is 125 Å². The number of unbranched alkanes of at least 4 members (excludes halogenated alkanes) is 15. The minimum Gasteiger partial charge on any atom is -0.331 e. The molecule has 0 radical (unpaired) electrons. The zero-order chi connectivity index (χ0) is 26.7. The molecule has 0 aromatic carbocycles. The molecule has 0 aliphatic rings. The maximum Gasteiger partial charge on any atom is 0.0783 e. The highest BCUT2D eigenvalue weighted by atomic mass is 15.3. The molecule has 0 heterocycles. The van der Waals surface area contributed by atoms with Crippen molar-refractivity contribution in [3.63, 3.8) is 0 Å². The Labute approximate surface area is 225 Å². The average Bonchev–Trinajstić information content (AvgIpc) is 2.79. The van der Waals surface area contributed by atoms with Crippen molar-refractivity contribution in [3.05, 3.63) is 0 Å². The third kappa shape index (κ3) is 28.3. The van der Waals surface area contributed by atoms with Crippen molar-refractivity contribution in [2.24, 2.45) is 0 Å². The Balaban J connectivity index is 0. The molecule has 0 N–H and O–H groups in total. The molecule has 214 valence electrons. The van der Waals surface area contributed by atoms with Crippen LogP contribution >= 0.6 is 0 Å². The lowest BCUT2D eigenvalue weighted by Gasteiger charge is -2.38. The largest absolute Gasteiger partial charge is 0.331 e. The van der Waals surface area contributed by atoms with Crippen LogP contribution in [0.2, 0.25) is 0 Å². The third-order valence-electron chi connectivity index (χ3n) is 7.47. The van der Waals surface area contributed by atoms with Crippen molar-refractivity contribution < 1.29 is 8.97 Å². The van der Waals surface area contributed by atoms with E-state index < -0.39 is 0 Å². The second-order valence-electron chi connectivity index (χ2n) is 12.6. The van der Waals surface area contributed by atoms with Crippen LogP contribution in [0.25, 0.3) is 0 Å². The monoisotopic (exact) mass is 499 g/mol. The SMILES string of the molecule is CCCCCCCCCCCCCCCCCC[N+](C)(C)C.CCC[N+](CCC)(CCC)CCC. The molecule has 35 heavy (non-hydrogen) atoms. The summed E-state index contributed by atoms with van der Waals surface area (Å²) in [5.74, 6) is 0. The van der Waals surface area contributed by atoms with Crippen molar-refractivity contribution in [1.29, 1.82) is 0 Å². The summed E-state index contributed by atoms with van der Waals surface area (Å²) in [6, 6.07) is 0. The summed E-state index contributed by atoms with van der Waals surface area (Å²) in [5.41, 5.74) is 0. The van der Waals surface area contributed by atoms with E-state index in [4.69, 9.17) is 0 Å². The predicted molar refractivity (Wildman–Crippen MR) is 163 cm³/mol. The van der Waals surface area contributed by atoms with E-state index in [-0.39, 0.29) is 0 Å². The smallest absolute Gasteiger partial charge is 0.0783 e. The molecular weight excluding hydrogens is 424 g/mol. The van der Waals surface area contributed by atoms with Gasteiger partial charge in [0.05, 0.1) is 53.9 Å². The maximum atomic E-state index is 2.31. The second-order valence-corrected chi connectivity index (χ2v) is 12.6. The van der Waals surface area contributed by atoms with Gasteiger partial charge in [0.2, 0.25) is 0 Å². The van der Waals surface area contributed by atoms with Crippen LogP contribution < -0.4 is 0 Å².